The number of halogens is 3. The van der Waals surface area contributed by atoms with Crippen molar-refractivity contribution in [2.75, 3.05) is 13.1 Å². The van der Waals surface area contributed by atoms with Gasteiger partial charge in [-0.05, 0) is 0 Å². The van der Waals surface area contributed by atoms with Crippen LogP contribution in [0.3, 0.4) is 0 Å². The molecule has 1 fully saturated rings. The largest absolute Gasteiger partial charge is 0.493 e. The van der Waals surface area contributed by atoms with Crippen molar-refractivity contribution >= 4 is 11.9 Å². The summed E-state index contributed by atoms with van der Waals surface area (Å²) < 4.78 is 35.5. The Bertz CT molecular complexity index is 275. The van der Waals surface area contributed by atoms with Gasteiger partial charge >= 0.3 is 12.1 Å². The molecule has 0 atom stereocenters. The fourth-order valence-corrected chi connectivity index (χ4v) is 0.976. The van der Waals surface area contributed by atoms with Crippen LogP contribution in [0.15, 0.2) is 0 Å². The Hall–Kier alpha value is -1.31. The van der Waals surface area contributed by atoms with Gasteiger partial charge in [0.05, 0.1) is 6.04 Å². The van der Waals surface area contributed by atoms with E-state index in [1.54, 1.807) is 0 Å². The molecular formula is C7H9F3N2O3. The summed E-state index contributed by atoms with van der Waals surface area (Å²) in [5.41, 5.74) is 0. The molecule has 0 saturated carbocycles. The summed E-state index contributed by atoms with van der Waals surface area (Å²) in [6, 6.07) is -0.520. The fourth-order valence-electron chi connectivity index (χ4n) is 0.976. The third kappa shape index (κ3) is 2.82. The first-order chi connectivity index (χ1) is 6.82. The second-order valence-corrected chi connectivity index (χ2v) is 3.03. The lowest BCUT2D eigenvalue weighted by Gasteiger charge is -2.35. The zero-order valence-electron chi connectivity index (χ0n) is 7.80. The highest BCUT2D eigenvalue weighted by atomic mass is 19.4. The average Bonchev–Trinajstić information content (AvgIpc) is 1.97. The summed E-state index contributed by atoms with van der Waals surface area (Å²) in [5.74, 6) is -3.12. The van der Waals surface area contributed by atoms with Crippen LogP contribution in [0.25, 0.3) is 0 Å². The van der Waals surface area contributed by atoms with Gasteiger partial charge in [-0.2, -0.15) is 18.2 Å². The molecule has 15 heavy (non-hydrogen) atoms. The van der Waals surface area contributed by atoms with Gasteiger partial charge in [0, 0.05) is 20.0 Å². The molecule has 0 unspecified atom stereocenters. The smallest absolute Gasteiger partial charge is 0.329 e. The SMILES string of the molecule is CC(=O)N(OC(=O)C(F)(F)F)C1CNC1. The second-order valence-electron chi connectivity index (χ2n) is 3.03. The minimum atomic E-state index is -5.09. The molecule has 1 heterocycles. The standard InChI is InChI=1S/C7H9F3N2O3/c1-4(13)12(5-2-11-3-5)15-6(14)7(8,9)10/h5,11H,2-3H2,1H3. The number of nitrogens with one attached hydrogen (secondary N) is 1. The van der Waals surface area contributed by atoms with Gasteiger partial charge in [0.15, 0.2) is 0 Å². The Labute approximate surface area is 83.1 Å². The third-order valence-electron chi connectivity index (χ3n) is 1.81. The number of hydrogen-bond acceptors (Lipinski definition) is 4. The van der Waals surface area contributed by atoms with Crippen LogP contribution in [0.1, 0.15) is 6.92 Å². The Morgan fingerprint density at radius 3 is 2.20 bits per heavy atom. The van der Waals surface area contributed by atoms with Crippen molar-refractivity contribution in [2.24, 2.45) is 0 Å². The highest BCUT2D eigenvalue weighted by Gasteiger charge is 2.44. The maximum atomic E-state index is 11.8. The average molecular weight is 226 g/mol. The van der Waals surface area contributed by atoms with E-state index in [0.717, 1.165) is 6.92 Å². The van der Waals surface area contributed by atoms with Gasteiger partial charge in [0.25, 0.3) is 5.91 Å². The van der Waals surface area contributed by atoms with Crippen molar-refractivity contribution < 1.29 is 27.6 Å². The van der Waals surface area contributed by atoms with E-state index in [1.165, 1.54) is 0 Å². The van der Waals surface area contributed by atoms with Gasteiger partial charge in [-0.25, -0.2) is 4.79 Å². The molecule has 0 spiro atoms. The predicted molar refractivity (Wildman–Crippen MR) is 41.3 cm³/mol. The summed E-state index contributed by atoms with van der Waals surface area (Å²) in [5, 5.41) is 3.19. The van der Waals surface area contributed by atoms with Gasteiger partial charge in [0.2, 0.25) is 0 Å². The summed E-state index contributed by atoms with van der Waals surface area (Å²) in [7, 11) is 0. The van der Waals surface area contributed by atoms with Crippen LogP contribution in [0, 0.1) is 0 Å². The Balaban J connectivity index is 2.59. The molecule has 0 bridgehead atoms. The van der Waals surface area contributed by atoms with Gasteiger partial charge in [-0.1, -0.05) is 0 Å². The molecule has 0 aromatic carbocycles. The minimum Gasteiger partial charge on any atom is -0.329 e. The number of hydroxylamine groups is 2. The number of rotatable bonds is 1. The summed E-state index contributed by atoms with van der Waals surface area (Å²) in [4.78, 5) is 25.3. The fraction of sp³-hybridized carbons (Fsp3) is 0.714. The van der Waals surface area contributed by atoms with Gasteiger partial charge in [0.1, 0.15) is 0 Å². The number of alkyl halides is 3. The lowest BCUT2D eigenvalue weighted by atomic mass is 10.2. The Morgan fingerprint density at radius 2 is 1.93 bits per heavy atom. The molecule has 1 aliphatic rings. The molecule has 5 nitrogen and oxygen atoms in total. The number of carbonyl (C=O) groups excluding carboxylic acids is 2. The van der Waals surface area contributed by atoms with E-state index in [0.29, 0.717) is 18.2 Å². The predicted octanol–water partition coefficient (Wildman–Crippen LogP) is -0.173. The number of carbonyl (C=O) groups is 2. The number of nitrogens with zero attached hydrogens (tertiary/aromatic N) is 1. The van der Waals surface area contributed by atoms with Crippen LogP contribution < -0.4 is 5.32 Å². The molecule has 1 rings (SSSR count). The van der Waals surface area contributed by atoms with Crippen molar-refractivity contribution in [3.8, 4) is 0 Å². The molecule has 8 heteroatoms. The summed E-state index contributed by atoms with van der Waals surface area (Å²) in [6.45, 7) is 1.65. The van der Waals surface area contributed by atoms with Gasteiger partial charge in [-0.15, -0.1) is 0 Å². The first-order valence-electron chi connectivity index (χ1n) is 4.12. The first-order valence-corrected chi connectivity index (χ1v) is 4.12. The molecule has 0 radical (unpaired) electrons. The van der Waals surface area contributed by atoms with Crippen molar-refractivity contribution in [3.63, 3.8) is 0 Å². The molecule has 0 aliphatic carbocycles. The van der Waals surface area contributed by atoms with Crippen LogP contribution in [0.5, 0.6) is 0 Å². The quantitative estimate of drug-likeness (QED) is 0.630. The lowest BCUT2D eigenvalue weighted by molar-refractivity contribution is -0.245. The highest BCUT2D eigenvalue weighted by Crippen LogP contribution is 2.18. The van der Waals surface area contributed by atoms with Crippen LogP contribution in [0.4, 0.5) is 13.2 Å². The van der Waals surface area contributed by atoms with Gasteiger partial charge < -0.3 is 10.2 Å². The van der Waals surface area contributed by atoms with E-state index in [9.17, 15) is 22.8 Å². The van der Waals surface area contributed by atoms with E-state index in [4.69, 9.17) is 0 Å². The normalized spacial score (nSPS) is 16.8. The molecule has 0 aromatic heterocycles. The van der Waals surface area contributed by atoms with Crippen LogP contribution in [-0.4, -0.2) is 42.2 Å². The van der Waals surface area contributed by atoms with E-state index >= 15 is 0 Å². The number of hydrogen-bond donors (Lipinski definition) is 1. The summed E-state index contributed by atoms with van der Waals surface area (Å²) in [6.07, 6.45) is -5.09. The molecule has 1 aliphatic heterocycles. The molecule has 1 saturated heterocycles. The van der Waals surface area contributed by atoms with E-state index < -0.39 is 24.1 Å². The van der Waals surface area contributed by atoms with Crippen molar-refractivity contribution in [2.45, 2.75) is 19.1 Å². The van der Waals surface area contributed by atoms with Crippen LogP contribution in [0.2, 0.25) is 0 Å². The highest BCUT2D eigenvalue weighted by molar-refractivity contribution is 5.79. The molecule has 0 aromatic rings. The zero-order chi connectivity index (χ0) is 11.6. The maximum Gasteiger partial charge on any atom is 0.493 e. The molecular weight excluding hydrogens is 217 g/mol. The summed E-state index contributed by atoms with van der Waals surface area (Å²) >= 11 is 0. The van der Waals surface area contributed by atoms with Crippen molar-refractivity contribution in [1.82, 2.24) is 10.4 Å². The molecule has 1 amide bonds. The Kier molecular flexibility index (Phi) is 3.18. The topological polar surface area (TPSA) is 58.6 Å². The zero-order valence-corrected chi connectivity index (χ0v) is 7.80. The minimum absolute atomic E-state index is 0.310. The lowest BCUT2D eigenvalue weighted by Crippen LogP contribution is -2.59. The monoisotopic (exact) mass is 226 g/mol. The maximum absolute atomic E-state index is 11.8. The Morgan fingerprint density at radius 1 is 1.40 bits per heavy atom. The van der Waals surface area contributed by atoms with E-state index in [-0.39, 0.29) is 0 Å². The third-order valence-corrected chi connectivity index (χ3v) is 1.81. The van der Waals surface area contributed by atoms with Gasteiger partial charge in [-0.3, -0.25) is 4.79 Å². The molecule has 86 valence electrons. The molecule has 1 N–H and O–H groups in total. The van der Waals surface area contributed by atoms with Crippen molar-refractivity contribution in [1.29, 1.82) is 0 Å². The van der Waals surface area contributed by atoms with Crippen LogP contribution >= 0.6 is 0 Å². The number of amides is 1. The van der Waals surface area contributed by atoms with Crippen molar-refractivity contribution in [3.05, 3.63) is 0 Å². The van der Waals surface area contributed by atoms with E-state index in [2.05, 4.69) is 10.2 Å². The van der Waals surface area contributed by atoms with Crippen LogP contribution in [-0.2, 0) is 14.4 Å². The second kappa shape index (κ2) is 4.05. The first kappa shape index (κ1) is 11.8. The van der Waals surface area contributed by atoms with E-state index in [1.807, 2.05) is 0 Å².